The van der Waals surface area contributed by atoms with Gasteiger partial charge in [0.25, 0.3) is 0 Å². The molecule has 2 aromatic heterocycles. The molecule has 0 radical (unpaired) electrons. The number of halogens is 2. The lowest BCUT2D eigenvalue weighted by Crippen LogP contribution is -1.98. The first kappa shape index (κ1) is 18.3. The van der Waals surface area contributed by atoms with Crippen molar-refractivity contribution in [3.05, 3.63) is 70.2 Å². The fourth-order valence-electron chi connectivity index (χ4n) is 2.99. The highest BCUT2D eigenvalue weighted by Crippen LogP contribution is 2.43. The van der Waals surface area contributed by atoms with E-state index < -0.39 is 0 Å². The number of fused-ring (bicyclic) bond motifs is 1. The largest absolute Gasteiger partial charge is 0.487 e. The molecule has 1 aliphatic carbocycles. The van der Waals surface area contributed by atoms with Gasteiger partial charge in [0.05, 0.1) is 10.0 Å². The summed E-state index contributed by atoms with van der Waals surface area (Å²) in [4.78, 5) is 14.3. The van der Waals surface area contributed by atoms with E-state index in [9.17, 15) is 4.39 Å². The van der Waals surface area contributed by atoms with Crippen LogP contribution in [0.3, 0.4) is 0 Å². The van der Waals surface area contributed by atoms with E-state index in [1.807, 2.05) is 6.07 Å². The molecule has 1 aliphatic rings. The molecule has 1 fully saturated rings. The highest BCUT2D eigenvalue weighted by molar-refractivity contribution is 7.18. The zero-order chi connectivity index (χ0) is 19.8. The third-order valence-electron chi connectivity index (χ3n) is 4.62. The summed E-state index contributed by atoms with van der Waals surface area (Å²) in [6.07, 6.45) is 3.93. The van der Waals surface area contributed by atoms with Crippen molar-refractivity contribution < 1.29 is 9.13 Å². The minimum Gasteiger partial charge on any atom is -0.487 e. The number of nitrogens with one attached hydrogen (secondary N) is 1. The Kier molecular flexibility index (Phi) is 4.77. The minimum absolute atomic E-state index is 0.236. The number of anilines is 2. The highest BCUT2D eigenvalue weighted by atomic mass is 35.5. The van der Waals surface area contributed by atoms with Crippen molar-refractivity contribution in [2.75, 3.05) is 5.32 Å². The first-order chi connectivity index (χ1) is 14.2. The molecule has 0 amide bonds. The van der Waals surface area contributed by atoms with Gasteiger partial charge in [-0.15, -0.1) is 0 Å². The Hall–Kier alpha value is -2.77. The van der Waals surface area contributed by atoms with Crippen LogP contribution >= 0.6 is 22.9 Å². The molecule has 2 heterocycles. The van der Waals surface area contributed by atoms with Gasteiger partial charge in [-0.1, -0.05) is 35.1 Å². The lowest BCUT2D eigenvalue weighted by molar-refractivity contribution is 0.306. The van der Waals surface area contributed by atoms with Crippen LogP contribution in [0.4, 0.5) is 15.9 Å². The predicted octanol–water partition coefficient (Wildman–Crippen LogP) is 6.08. The Morgan fingerprint density at radius 3 is 2.86 bits per heavy atom. The fourth-order valence-corrected chi connectivity index (χ4v) is 4.30. The zero-order valence-electron chi connectivity index (χ0n) is 15.2. The molecule has 2 aromatic carbocycles. The molecule has 0 saturated heterocycles. The molecule has 0 spiro atoms. The SMILES string of the molecule is Fc1cccc(COc2ccc(Nc3ncnc4sc(C5CC5)nc34)cc2Cl)c1. The average Bonchev–Trinajstić information content (AvgIpc) is 3.46. The molecule has 8 heteroatoms. The quantitative estimate of drug-likeness (QED) is 0.405. The number of hydrogen-bond donors (Lipinski definition) is 1. The van der Waals surface area contributed by atoms with E-state index in [-0.39, 0.29) is 12.4 Å². The highest BCUT2D eigenvalue weighted by Gasteiger charge is 2.28. The van der Waals surface area contributed by atoms with Crippen molar-refractivity contribution in [2.24, 2.45) is 0 Å². The lowest BCUT2D eigenvalue weighted by Gasteiger charge is -2.11. The van der Waals surface area contributed by atoms with Crippen molar-refractivity contribution in [3.8, 4) is 5.75 Å². The van der Waals surface area contributed by atoms with Gasteiger partial charge in [0.1, 0.15) is 34.8 Å². The smallest absolute Gasteiger partial charge is 0.161 e. The van der Waals surface area contributed by atoms with Gasteiger partial charge in [0, 0.05) is 11.6 Å². The summed E-state index contributed by atoms with van der Waals surface area (Å²) in [5.74, 6) is 1.47. The summed E-state index contributed by atoms with van der Waals surface area (Å²) in [5.41, 5.74) is 2.29. The Labute approximate surface area is 175 Å². The summed E-state index contributed by atoms with van der Waals surface area (Å²) in [5, 5.41) is 4.85. The standard InChI is InChI=1S/C21H16ClFN4OS/c22-16-9-15(6-7-17(16)28-10-12-2-1-3-14(23)8-12)26-19-18-21(25-11-24-19)29-20(27-18)13-4-5-13/h1-3,6-9,11,13H,4-5,10H2,(H,24,25,26). The van der Waals surface area contributed by atoms with Crippen molar-refractivity contribution in [3.63, 3.8) is 0 Å². The second kappa shape index (κ2) is 7.57. The molecule has 5 nitrogen and oxygen atoms in total. The van der Waals surface area contributed by atoms with Crippen LogP contribution in [-0.2, 0) is 6.61 Å². The number of aromatic nitrogens is 3. The van der Waals surface area contributed by atoms with Crippen LogP contribution in [0.15, 0.2) is 48.8 Å². The van der Waals surface area contributed by atoms with Crippen molar-refractivity contribution in [1.29, 1.82) is 0 Å². The molecule has 0 aliphatic heterocycles. The fraction of sp³-hybridized carbons (Fsp3) is 0.190. The maximum absolute atomic E-state index is 13.3. The van der Waals surface area contributed by atoms with E-state index in [0.717, 1.165) is 26.6 Å². The third kappa shape index (κ3) is 4.02. The number of hydrogen-bond acceptors (Lipinski definition) is 6. The van der Waals surface area contributed by atoms with E-state index in [4.69, 9.17) is 21.3 Å². The number of thiazole rings is 1. The Morgan fingerprint density at radius 2 is 2.07 bits per heavy atom. The van der Waals surface area contributed by atoms with Crippen LogP contribution in [-0.4, -0.2) is 15.0 Å². The van der Waals surface area contributed by atoms with Gasteiger partial charge < -0.3 is 10.1 Å². The van der Waals surface area contributed by atoms with Gasteiger partial charge in [-0.05, 0) is 48.7 Å². The van der Waals surface area contributed by atoms with E-state index >= 15 is 0 Å². The van der Waals surface area contributed by atoms with E-state index in [1.165, 1.54) is 31.3 Å². The van der Waals surface area contributed by atoms with Crippen LogP contribution < -0.4 is 10.1 Å². The molecule has 5 rings (SSSR count). The molecule has 146 valence electrons. The first-order valence-corrected chi connectivity index (χ1v) is 10.4. The van der Waals surface area contributed by atoms with Crippen LogP contribution in [0.5, 0.6) is 5.75 Å². The maximum Gasteiger partial charge on any atom is 0.161 e. The van der Waals surface area contributed by atoms with Gasteiger partial charge in [0.2, 0.25) is 0 Å². The van der Waals surface area contributed by atoms with Crippen LogP contribution in [0.1, 0.15) is 29.3 Å². The van der Waals surface area contributed by atoms with Crippen molar-refractivity contribution in [1.82, 2.24) is 15.0 Å². The molecule has 29 heavy (non-hydrogen) atoms. The van der Waals surface area contributed by atoms with Crippen molar-refractivity contribution >= 4 is 44.8 Å². The summed E-state index contributed by atoms with van der Waals surface area (Å²) >= 11 is 8.01. The van der Waals surface area contributed by atoms with E-state index in [0.29, 0.717) is 22.5 Å². The lowest BCUT2D eigenvalue weighted by atomic mass is 10.2. The summed E-state index contributed by atoms with van der Waals surface area (Å²) < 4.78 is 19.0. The number of rotatable bonds is 6. The molecule has 1 saturated carbocycles. The summed E-state index contributed by atoms with van der Waals surface area (Å²) in [7, 11) is 0. The molecule has 0 unspecified atom stereocenters. The third-order valence-corrected chi connectivity index (χ3v) is 6.04. The van der Waals surface area contributed by atoms with E-state index in [1.54, 1.807) is 35.6 Å². The van der Waals surface area contributed by atoms with Crippen LogP contribution in [0, 0.1) is 5.82 Å². The topological polar surface area (TPSA) is 59.9 Å². The average molecular weight is 427 g/mol. The molecule has 1 N–H and O–H groups in total. The van der Waals surface area contributed by atoms with Gasteiger partial charge in [0.15, 0.2) is 5.82 Å². The maximum atomic E-state index is 13.3. The first-order valence-electron chi connectivity index (χ1n) is 9.21. The molecule has 0 atom stereocenters. The molecule has 4 aromatic rings. The van der Waals surface area contributed by atoms with Crippen LogP contribution in [0.2, 0.25) is 5.02 Å². The monoisotopic (exact) mass is 426 g/mol. The van der Waals surface area contributed by atoms with Gasteiger partial charge in [-0.25, -0.2) is 19.3 Å². The van der Waals surface area contributed by atoms with E-state index in [2.05, 4.69) is 15.3 Å². The van der Waals surface area contributed by atoms with Gasteiger partial charge >= 0.3 is 0 Å². The molecular weight excluding hydrogens is 411 g/mol. The minimum atomic E-state index is -0.292. The Balaban J connectivity index is 1.33. The second-order valence-corrected chi connectivity index (χ2v) is 8.31. The molecule has 0 bridgehead atoms. The summed E-state index contributed by atoms with van der Waals surface area (Å²) in [6, 6.07) is 11.7. The number of benzene rings is 2. The number of nitrogens with zero attached hydrogens (tertiary/aromatic N) is 3. The Bertz CT molecular complexity index is 1190. The Morgan fingerprint density at radius 1 is 1.17 bits per heavy atom. The predicted molar refractivity (Wildman–Crippen MR) is 113 cm³/mol. The molecular formula is C21H16ClFN4OS. The van der Waals surface area contributed by atoms with Gasteiger partial charge in [-0.3, -0.25) is 0 Å². The summed E-state index contributed by atoms with van der Waals surface area (Å²) in [6.45, 7) is 0.236. The normalized spacial score (nSPS) is 13.6. The van der Waals surface area contributed by atoms with Gasteiger partial charge in [-0.2, -0.15) is 0 Å². The zero-order valence-corrected chi connectivity index (χ0v) is 16.8. The second-order valence-electron chi connectivity index (χ2n) is 6.89. The van der Waals surface area contributed by atoms with Crippen molar-refractivity contribution in [2.45, 2.75) is 25.4 Å². The van der Waals surface area contributed by atoms with Crippen LogP contribution in [0.25, 0.3) is 10.3 Å². The number of ether oxygens (including phenoxy) is 1.